The number of likely N-dealkylation sites (N-methyl/N-ethyl adjacent to an activating group) is 1. The minimum Gasteiger partial charge on any atom is -0.350 e. The second-order valence-electron chi connectivity index (χ2n) is 7.03. The zero-order valence-corrected chi connectivity index (χ0v) is 14.6. The van der Waals surface area contributed by atoms with Crippen LogP contribution in [0.15, 0.2) is 55.0 Å². The monoisotopic (exact) mass is 334 g/mol. The normalized spacial score (nSPS) is 15.5. The van der Waals surface area contributed by atoms with Crippen molar-refractivity contribution in [3.63, 3.8) is 0 Å². The second-order valence-corrected chi connectivity index (χ2v) is 7.03. The largest absolute Gasteiger partial charge is 0.350 e. The fourth-order valence-corrected chi connectivity index (χ4v) is 3.67. The first-order chi connectivity index (χ1) is 12.1. The highest BCUT2D eigenvalue weighted by Gasteiger charge is 2.39. The van der Waals surface area contributed by atoms with Crippen molar-refractivity contribution >= 4 is 11.6 Å². The van der Waals surface area contributed by atoms with E-state index in [9.17, 15) is 4.79 Å². The first kappa shape index (κ1) is 15.8. The molecule has 0 saturated heterocycles. The minimum absolute atomic E-state index is 0.0531. The number of imidazole rings is 1. The number of pyridine rings is 1. The fourth-order valence-electron chi connectivity index (χ4n) is 3.67. The molecule has 0 radical (unpaired) electrons. The molecule has 3 aromatic rings. The van der Waals surface area contributed by atoms with Gasteiger partial charge in [-0.05, 0) is 50.2 Å². The molecule has 1 aliphatic rings. The van der Waals surface area contributed by atoms with Crippen LogP contribution in [0, 0.1) is 0 Å². The first-order valence-electron chi connectivity index (χ1n) is 8.53. The van der Waals surface area contributed by atoms with Crippen molar-refractivity contribution in [3.05, 3.63) is 71.7 Å². The number of amides is 1. The van der Waals surface area contributed by atoms with E-state index in [1.54, 1.807) is 6.20 Å². The summed E-state index contributed by atoms with van der Waals surface area (Å²) in [6, 6.07) is 12.2. The van der Waals surface area contributed by atoms with Crippen molar-refractivity contribution in [2.24, 2.45) is 0 Å². The summed E-state index contributed by atoms with van der Waals surface area (Å²) in [5.74, 6) is -0.0531. The molecule has 5 heteroatoms. The third-order valence-corrected chi connectivity index (χ3v) is 5.34. The summed E-state index contributed by atoms with van der Waals surface area (Å²) in [6.07, 6.45) is 7.37. The summed E-state index contributed by atoms with van der Waals surface area (Å²) in [5.41, 5.74) is 4.11. The van der Waals surface area contributed by atoms with Crippen molar-refractivity contribution < 1.29 is 4.79 Å². The van der Waals surface area contributed by atoms with Crippen molar-refractivity contribution in [1.82, 2.24) is 19.6 Å². The lowest BCUT2D eigenvalue weighted by Crippen LogP contribution is -2.53. The van der Waals surface area contributed by atoms with Crippen LogP contribution in [0.5, 0.6) is 0 Å². The van der Waals surface area contributed by atoms with Gasteiger partial charge in [-0.15, -0.1) is 0 Å². The zero-order chi connectivity index (χ0) is 17.4. The molecule has 0 bridgehead atoms. The zero-order valence-electron chi connectivity index (χ0n) is 14.6. The van der Waals surface area contributed by atoms with Crippen LogP contribution >= 0.6 is 0 Å². The Labute approximate surface area is 147 Å². The molecule has 0 saturated carbocycles. The van der Waals surface area contributed by atoms with E-state index in [-0.39, 0.29) is 11.4 Å². The topological polar surface area (TPSA) is 49.6 Å². The van der Waals surface area contributed by atoms with Gasteiger partial charge in [-0.1, -0.05) is 24.3 Å². The molecule has 1 amide bonds. The summed E-state index contributed by atoms with van der Waals surface area (Å²) in [5, 5.41) is 3.14. The lowest BCUT2D eigenvalue weighted by Gasteiger charge is -2.36. The maximum Gasteiger partial charge on any atom is 0.251 e. The SMILES string of the molecule is CN(C)C1(CNC(=O)c2ccn3ccnc3c2)Cc2ccccc2C1. The maximum absolute atomic E-state index is 12.6. The number of aromatic nitrogens is 2. The second kappa shape index (κ2) is 6.01. The predicted molar refractivity (Wildman–Crippen MR) is 97.8 cm³/mol. The third-order valence-electron chi connectivity index (χ3n) is 5.34. The van der Waals surface area contributed by atoms with Crippen LogP contribution in [0.25, 0.3) is 5.65 Å². The number of carbonyl (C=O) groups is 1. The number of fused-ring (bicyclic) bond motifs is 2. The van der Waals surface area contributed by atoms with Crippen molar-refractivity contribution in [2.45, 2.75) is 18.4 Å². The molecule has 0 unspecified atom stereocenters. The summed E-state index contributed by atoms with van der Waals surface area (Å²) in [7, 11) is 4.18. The molecule has 2 aromatic heterocycles. The van der Waals surface area contributed by atoms with E-state index in [4.69, 9.17) is 0 Å². The van der Waals surface area contributed by atoms with Gasteiger partial charge in [0.25, 0.3) is 5.91 Å². The lowest BCUT2D eigenvalue weighted by atomic mass is 9.94. The van der Waals surface area contributed by atoms with Crippen LogP contribution in [0.4, 0.5) is 0 Å². The summed E-state index contributed by atoms with van der Waals surface area (Å²) in [4.78, 5) is 19.1. The highest BCUT2D eigenvalue weighted by Crippen LogP contribution is 2.33. The van der Waals surface area contributed by atoms with Crippen LogP contribution in [0.2, 0.25) is 0 Å². The van der Waals surface area contributed by atoms with Gasteiger partial charge < -0.3 is 14.6 Å². The molecule has 4 rings (SSSR count). The van der Waals surface area contributed by atoms with E-state index in [2.05, 4.69) is 53.6 Å². The Hall–Kier alpha value is -2.66. The molecule has 0 aliphatic heterocycles. The average Bonchev–Trinajstić information content (AvgIpc) is 3.23. The number of carbonyl (C=O) groups excluding carboxylic acids is 1. The van der Waals surface area contributed by atoms with Crippen LogP contribution < -0.4 is 5.32 Å². The molecular weight excluding hydrogens is 312 g/mol. The lowest BCUT2D eigenvalue weighted by molar-refractivity contribution is 0.0903. The van der Waals surface area contributed by atoms with Crippen molar-refractivity contribution in [1.29, 1.82) is 0 Å². The minimum atomic E-state index is -0.0727. The molecule has 0 spiro atoms. The first-order valence-corrected chi connectivity index (χ1v) is 8.53. The standard InChI is InChI=1S/C20H22N4O/c1-23(2)20(12-16-5-3-4-6-17(16)13-20)14-22-19(25)15-7-9-24-10-8-21-18(24)11-15/h3-11H,12-14H2,1-2H3,(H,22,25). The Morgan fingerprint density at radius 2 is 1.92 bits per heavy atom. The van der Waals surface area contributed by atoms with Gasteiger partial charge >= 0.3 is 0 Å². The van der Waals surface area contributed by atoms with Gasteiger partial charge in [0.15, 0.2) is 0 Å². The van der Waals surface area contributed by atoms with Gasteiger partial charge in [-0.25, -0.2) is 4.98 Å². The number of rotatable bonds is 4. The fraction of sp³-hybridized carbons (Fsp3) is 0.300. The summed E-state index contributed by atoms with van der Waals surface area (Å²) >= 11 is 0. The Morgan fingerprint density at radius 1 is 1.20 bits per heavy atom. The highest BCUT2D eigenvalue weighted by molar-refractivity contribution is 5.95. The molecule has 5 nitrogen and oxygen atoms in total. The van der Waals surface area contributed by atoms with Crippen LogP contribution in [-0.2, 0) is 12.8 Å². The van der Waals surface area contributed by atoms with Gasteiger partial charge in [0.1, 0.15) is 5.65 Å². The highest BCUT2D eigenvalue weighted by atomic mass is 16.1. The van der Waals surface area contributed by atoms with E-state index in [0.29, 0.717) is 12.1 Å². The van der Waals surface area contributed by atoms with Gasteiger partial charge in [-0.2, -0.15) is 0 Å². The Kier molecular flexibility index (Phi) is 3.81. The van der Waals surface area contributed by atoms with Crippen LogP contribution in [0.1, 0.15) is 21.5 Å². The molecular formula is C20H22N4O. The predicted octanol–water partition coefficient (Wildman–Crippen LogP) is 2.16. The molecule has 0 fully saturated rings. The van der Waals surface area contributed by atoms with E-state index in [1.807, 2.05) is 28.9 Å². The van der Waals surface area contributed by atoms with E-state index >= 15 is 0 Å². The molecule has 128 valence electrons. The molecule has 1 aromatic carbocycles. The van der Waals surface area contributed by atoms with E-state index < -0.39 is 0 Å². The quantitative estimate of drug-likeness (QED) is 0.795. The van der Waals surface area contributed by atoms with Gasteiger partial charge in [0, 0.05) is 36.2 Å². The van der Waals surface area contributed by atoms with Gasteiger partial charge in [-0.3, -0.25) is 4.79 Å². The van der Waals surface area contributed by atoms with Crippen molar-refractivity contribution in [2.75, 3.05) is 20.6 Å². The number of benzene rings is 1. The van der Waals surface area contributed by atoms with Gasteiger partial charge in [0.2, 0.25) is 0 Å². The van der Waals surface area contributed by atoms with E-state index in [1.165, 1.54) is 11.1 Å². The number of hydrogen-bond donors (Lipinski definition) is 1. The summed E-state index contributed by atoms with van der Waals surface area (Å²) < 4.78 is 1.89. The van der Waals surface area contributed by atoms with Crippen LogP contribution in [0.3, 0.4) is 0 Å². The van der Waals surface area contributed by atoms with Gasteiger partial charge in [0.05, 0.1) is 0 Å². The molecule has 25 heavy (non-hydrogen) atoms. The number of nitrogens with zero attached hydrogens (tertiary/aromatic N) is 3. The summed E-state index contributed by atoms with van der Waals surface area (Å²) in [6.45, 7) is 0.618. The van der Waals surface area contributed by atoms with E-state index in [0.717, 1.165) is 18.5 Å². The Bertz CT molecular complexity index is 903. The molecule has 1 N–H and O–H groups in total. The molecule has 1 aliphatic carbocycles. The third kappa shape index (κ3) is 2.81. The smallest absolute Gasteiger partial charge is 0.251 e. The molecule has 0 atom stereocenters. The van der Waals surface area contributed by atoms with Crippen LogP contribution in [-0.4, -0.2) is 46.4 Å². The Morgan fingerprint density at radius 3 is 2.60 bits per heavy atom. The molecule has 2 heterocycles. The number of hydrogen-bond acceptors (Lipinski definition) is 3. The number of nitrogens with one attached hydrogen (secondary N) is 1. The maximum atomic E-state index is 12.6. The van der Waals surface area contributed by atoms with Crippen molar-refractivity contribution in [3.8, 4) is 0 Å². The Balaban J connectivity index is 1.51. The average molecular weight is 334 g/mol.